The highest BCUT2D eigenvalue weighted by Crippen LogP contribution is 2.39. The first-order chi connectivity index (χ1) is 14.4. The molecule has 6 heteroatoms. The van der Waals surface area contributed by atoms with Gasteiger partial charge < -0.3 is 15.1 Å². The zero-order chi connectivity index (χ0) is 21.3. The van der Waals surface area contributed by atoms with Gasteiger partial charge in [-0.3, -0.25) is 4.79 Å². The first-order valence-corrected chi connectivity index (χ1v) is 12.1. The molecule has 162 valence electrons. The molecule has 5 nitrogen and oxygen atoms in total. The van der Waals surface area contributed by atoms with E-state index in [1.807, 2.05) is 6.07 Å². The van der Waals surface area contributed by atoms with Crippen molar-refractivity contribution < 1.29 is 19.8 Å². The predicted octanol–water partition coefficient (Wildman–Crippen LogP) is 4.67. The molecule has 1 aromatic rings. The van der Waals surface area contributed by atoms with Gasteiger partial charge in [0.1, 0.15) is 4.88 Å². The van der Waals surface area contributed by atoms with E-state index < -0.39 is 5.97 Å². The third-order valence-corrected chi connectivity index (χ3v) is 7.80. The second-order valence-electron chi connectivity index (χ2n) is 9.30. The van der Waals surface area contributed by atoms with Crippen LogP contribution in [0.15, 0.2) is 6.07 Å². The van der Waals surface area contributed by atoms with Crippen molar-refractivity contribution in [1.29, 1.82) is 0 Å². The smallest absolute Gasteiger partial charge is 0.348 e. The van der Waals surface area contributed by atoms with Crippen molar-refractivity contribution in [2.75, 3.05) is 4.90 Å². The van der Waals surface area contributed by atoms with Gasteiger partial charge in [0.25, 0.3) is 0 Å². The lowest BCUT2D eigenvalue weighted by atomic mass is 9.81. The van der Waals surface area contributed by atoms with Gasteiger partial charge in [-0.25, -0.2) is 4.79 Å². The zero-order valence-electron chi connectivity index (χ0n) is 17.6. The van der Waals surface area contributed by atoms with Crippen molar-refractivity contribution in [3.8, 4) is 11.8 Å². The number of carboxylic acids is 1. The molecule has 0 spiro atoms. The number of carbonyl (C=O) groups excluding carboxylic acids is 1. The number of amides is 1. The molecule has 1 heterocycles. The van der Waals surface area contributed by atoms with Crippen LogP contribution in [0.1, 0.15) is 85.7 Å². The number of rotatable bonds is 4. The van der Waals surface area contributed by atoms with Gasteiger partial charge in [-0.05, 0) is 76.2 Å². The van der Waals surface area contributed by atoms with E-state index in [0.29, 0.717) is 43.2 Å². The van der Waals surface area contributed by atoms with Crippen molar-refractivity contribution in [2.45, 2.75) is 83.3 Å². The van der Waals surface area contributed by atoms with Gasteiger partial charge in [0, 0.05) is 17.9 Å². The molecule has 3 aliphatic carbocycles. The van der Waals surface area contributed by atoms with Crippen molar-refractivity contribution in [3.05, 3.63) is 15.8 Å². The molecular weight excluding hydrogens is 398 g/mol. The summed E-state index contributed by atoms with van der Waals surface area (Å²) in [6.45, 7) is 2.23. The van der Waals surface area contributed by atoms with Gasteiger partial charge in [0.05, 0.1) is 16.7 Å². The Labute approximate surface area is 182 Å². The molecule has 0 unspecified atom stereocenters. The summed E-state index contributed by atoms with van der Waals surface area (Å²) in [5.41, 5.74) is 0.512. The minimum atomic E-state index is -1.000. The van der Waals surface area contributed by atoms with Crippen molar-refractivity contribution in [3.63, 3.8) is 0 Å². The molecule has 0 bridgehead atoms. The van der Waals surface area contributed by atoms with E-state index >= 15 is 0 Å². The number of carbonyl (C=O) groups is 2. The molecule has 3 fully saturated rings. The number of aliphatic hydroxyl groups excluding tert-OH is 1. The minimum absolute atomic E-state index is 0.0457. The van der Waals surface area contributed by atoms with Crippen molar-refractivity contribution in [2.24, 2.45) is 17.8 Å². The summed E-state index contributed by atoms with van der Waals surface area (Å²) in [5, 5.41) is 19.8. The topological polar surface area (TPSA) is 77.8 Å². The Morgan fingerprint density at radius 1 is 1.03 bits per heavy atom. The quantitative estimate of drug-likeness (QED) is 0.682. The molecule has 1 aromatic heterocycles. The maximum absolute atomic E-state index is 13.7. The van der Waals surface area contributed by atoms with E-state index in [0.717, 1.165) is 43.4 Å². The van der Waals surface area contributed by atoms with Crippen LogP contribution < -0.4 is 4.90 Å². The van der Waals surface area contributed by atoms with Crippen LogP contribution in [0.5, 0.6) is 0 Å². The molecule has 0 atom stereocenters. The third kappa shape index (κ3) is 4.90. The van der Waals surface area contributed by atoms with Crippen LogP contribution >= 0.6 is 11.3 Å². The van der Waals surface area contributed by atoms with Gasteiger partial charge in [0.15, 0.2) is 0 Å². The van der Waals surface area contributed by atoms with Crippen LogP contribution in [0.4, 0.5) is 5.69 Å². The maximum Gasteiger partial charge on any atom is 0.348 e. The van der Waals surface area contributed by atoms with Crippen LogP contribution in [-0.4, -0.2) is 34.2 Å². The molecule has 30 heavy (non-hydrogen) atoms. The number of thiophene rings is 1. The first kappa shape index (κ1) is 21.4. The largest absolute Gasteiger partial charge is 0.477 e. The van der Waals surface area contributed by atoms with Crippen LogP contribution in [0.3, 0.4) is 0 Å². The Bertz CT molecular complexity index is 846. The summed E-state index contributed by atoms with van der Waals surface area (Å²) in [4.78, 5) is 28.5. The van der Waals surface area contributed by atoms with Crippen molar-refractivity contribution >= 4 is 28.9 Å². The Morgan fingerprint density at radius 3 is 2.30 bits per heavy atom. The second-order valence-corrected chi connectivity index (χ2v) is 10.4. The second kappa shape index (κ2) is 9.11. The lowest BCUT2D eigenvalue weighted by Crippen LogP contribution is -2.47. The Morgan fingerprint density at radius 2 is 1.70 bits per heavy atom. The van der Waals surface area contributed by atoms with E-state index in [2.05, 4.69) is 18.8 Å². The van der Waals surface area contributed by atoms with Gasteiger partial charge in [0.2, 0.25) is 5.91 Å². The van der Waals surface area contributed by atoms with Crippen LogP contribution in [0, 0.1) is 29.6 Å². The molecule has 2 N–H and O–H groups in total. The highest BCUT2D eigenvalue weighted by Gasteiger charge is 2.37. The van der Waals surface area contributed by atoms with Gasteiger partial charge >= 0.3 is 5.97 Å². The predicted molar refractivity (Wildman–Crippen MR) is 118 cm³/mol. The number of nitrogens with zero attached hydrogens (tertiary/aromatic N) is 1. The third-order valence-electron chi connectivity index (χ3n) is 6.78. The number of hydrogen-bond acceptors (Lipinski definition) is 4. The molecular formula is C24H31NO4S. The SMILES string of the molecule is C[C@H]1CC[C@H](C(=O)N(c2cc(C#CC3CC3)sc2C(=O)O)[C@H]2CC[C@H](O)CC2)CC1. The lowest BCUT2D eigenvalue weighted by molar-refractivity contribution is -0.124. The van der Waals surface area contributed by atoms with E-state index in [1.165, 1.54) is 11.3 Å². The monoisotopic (exact) mass is 429 g/mol. The van der Waals surface area contributed by atoms with E-state index in [-0.39, 0.29) is 28.8 Å². The molecule has 0 aliphatic heterocycles. The fraction of sp³-hybridized carbons (Fsp3) is 0.667. The summed E-state index contributed by atoms with van der Waals surface area (Å²) in [5.74, 6) is 6.44. The van der Waals surface area contributed by atoms with Gasteiger partial charge in [-0.1, -0.05) is 18.8 Å². The summed E-state index contributed by atoms with van der Waals surface area (Å²) in [6.07, 6.45) is 8.44. The van der Waals surface area contributed by atoms with Crippen LogP contribution in [-0.2, 0) is 4.79 Å². The van der Waals surface area contributed by atoms with Gasteiger partial charge in [-0.2, -0.15) is 0 Å². The minimum Gasteiger partial charge on any atom is -0.477 e. The molecule has 0 saturated heterocycles. The van der Waals surface area contributed by atoms with E-state index in [9.17, 15) is 19.8 Å². The average Bonchev–Trinajstić information content (AvgIpc) is 3.47. The molecule has 0 radical (unpaired) electrons. The number of carboxylic acid groups (broad SMARTS) is 1. The average molecular weight is 430 g/mol. The highest BCUT2D eigenvalue weighted by molar-refractivity contribution is 7.15. The summed E-state index contributed by atoms with van der Waals surface area (Å²) < 4.78 is 0. The van der Waals surface area contributed by atoms with Crippen LogP contribution in [0.25, 0.3) is 0 Å². The lowest BCUT2D eigenvalue weighted by Gasteiger charge is -2.38. The standard InChI is InChI=1S/C24H31NO4S/c1-15-2-7-17(8-3-15)23(27)25(18-9-11-19(26)12-10-18)21-14-20(13-6-16-4-5-16)30-22(21)24(28)29/h14-19,26H,2-5,7-12H2,1H3,(H,28,29)/t15-,17-,18-,19-. The Hall–Kier alpha value is -1.84. The summed E-state index contributed by atoms with van der Waals surface area (Å²) >= 11 is 1.18. The maximum atomic E-state index is 13.7. The fourth-order valence-corrected chi connectivity index (χ4v) is 5.54. The summed E-state index contributed by atoms with van der Waals surface area (Å²) in [6, 6.07) is 1.76. The number of aromatic carboxylic acids is 1. The number of anilines is 1. The van der Waals surface area contributed by atoms with Crippen molar-refractivity contribution in [1.82, 2.24) is 0 Å². The van der Waals surface area contributed by atoms with E-state index in [1.54, 1.807) is 4.90 Å². The Balaban J connectivity index is 1.67. The molecule has 3 saturated carbocycles. The fourth-order valence-electron chi connectivity index (χ4n) is 4.69. The number of aliphatic hydroxyl groups is 1. The summed E-state index contributed by atoms with van der Waals surface area (Å²) in [7, 11) is 0. The molecule has 4 rings (SSSR count). The molecule has 0 aromatic carbocycles. The van der Waals surface area contributed by atoms with Crippen LogP contribution in [0.2, 0.25) is 0 Å². The molecule has 3 aliphatic rings. The zero-order valence-corrected chi connectivity index (χ0v) is 18.4. The van der Waals surface area contributed by atoms with Gasteiger partial charge in [-0.15, -0.1) is 11.3 Å². The molecule has 1 amide bonds. The Kier molecular flexibility index (Phi) is 6.50. The number of hydrogen-bond donors (Lipinski definition) is 2. The first-order valence-electron chi connectivity index (χ1n) is 11.3. The normalized spacial score (nSPS) is 29.0. The van der Waals surface area contributed by atoms with E-state index in [4.69, 9.17) is 0 Å². The highest BCUT2D eigenvalue weighted by atomic mass is 32.1.